The van der Waals surface area contributed by atoms with Crippen LogP contribution in [0.1, 0.15) is 6.42 Å². The van der Waals surface area contributed by atoms with Crippen LogP contribution in [0.25, 0.3) is 0 Å². The summed E-state index contributed by atoms with van der Waals surface area (Å²) < 4.78 is 187. The van der Waals surface area contributed by atoms with Crippen LogP contribution < -0.4 is 0 Å². The summed E-state index contributed by atoms with van der Waals surface area (Å²) in [7, 11) is -4.30. The lowest BCUT2D eigenvalue weighted by Crippen LogP contribution is -2.70. The second-order valence-electron chi connectivity index (χ2n) is 7.16. The lowest BCUT2D eigenvalue weighted by atomic mass is 9.93. The normalized spacial score (nSPS) is 27.6. The van der Waals surface area contributed by atoms with Gasteiger partial charge in [0.15, 0.2) is 0 Å². The minimum Gasteiger partial charge on any atom is -0.371 e. The Morgan fingerprint density at radius 2 is 1.00 bits per heavy atom. The molecule has 0 aromatic carbocycles. The van der Waals surface area contributed by atoms with Crippen LogP contribution in [0.4, 0.5) is 57.1 Å². The fourth-order valence-corrected chi connectivity index (χ4v) is 7.56. The smallest absolute Gasteiger partial charge is 0.371 e. The molecule has 2 bridgehead atoms. The fourth-order valence-electron chi connectivity index (χ4n) is 2.96. The molecule has 0 aliphatic carbocycles. The van der Waals surface area contributed by atoms with Gasteiger partial charge in [0.25, 0.3) is 0 Å². The Morgan fingerprint density at radius 1 is 0.636 bits per heavy atom. The zero-order chi connectivity index (χ0) is 25.7. The van der Waals surface area contributed by atoms with E-state index in [1.54, 1.807) is 4.90 Å². The molecule has 3 fully saturated rings. The fraction of sp³-hybridized carbons (Fsp3) is 1.00. The topological polar surface area (TPSA) is 30.9 Å². The van der Waals surface area contributed by atoms with Crippen LogP contribution in [0.15, 0.2) is 0 Å². The molecule has 3 heterocycles. The number of halogens is 14. The number of nitrogens with zero attached hydrogens (tertiary/aromatic N) is 1. The average Bonchev–Trinajstić information content (AvgIpc) is 2.58. The largest absolute Gasteiger partial charge is 0.514 e. The van der Waals surface area contributed by atoms with Gasteiger partial charge in [0, 0.05) is 26.1 Å². The van der Waals surface area contributed by atoms with Gasteiger partial charge in [-0.15, -0.1) is 0 Å². The molecule has 196 valence electrons. The van der Waals surface area contributed by atoms with E-state index in [0.717, 1.165) is 22.6 Å². The van der Waals surface area contributed by atoms with Crippen molar-refractivity contribution >= 4 is 31.4 Å². The van der Waals surface area contributed by atoms with Crippen LogP contribution in [0.5, 0.6) is 0 Å². The zero-order valence-electron chi connectivity index (χ0n) is 16.0. The summed E-state index contributed by atoms with van der Waals surface area (Å²) in [5.41, 5.74) is 0. The molecule has 0 saturated carbocycles. The Balaban J connectivity index is 2.36. The number of rotatable bonds is 7. The van der Waals surface area contributed by atoms with E-state index in [0.29, 0.717) is 0 Å². The molecule has 3 aliphatic rings. The molecule has 4 nitrogen and oxygen atoms in total. The molecule has 3 aliphatic heterocycles. The molecular formula is C14H15F13INO3Si. The van der Waals surface area contributed by atoms with Gasteiger partial charge in [-0.2, -0.15) is 57.1 Å². The summed E-state index contributed by atoms with van der Waals surface area (Å²) >= 11 is 1.03. The monoisotopic (exact) mass is 647 g/mol. The molecule has 0 N–H and O–H groups in total. The highest BCUT2D eigenvalue weighted by molar-refractivity contribution is 14.1. The maximum absolute atomic E-state index is 14.3. The summed E-state index contributed by atoms with van der Waals surface area (Å²) in [6.45, 7) is 0.107. The highest BCUT2D eigenvalue weighted by Crippen LogP contribution is 2.61. The maximum Gasteiger partial charge on any atom is 0.514 e. The van der Waals surface area contributed by atoms with Crippen LogP contribution in [-0.4, -0.2) is 92.5 Å². The molecule has 0 amide bonds. The van der Waals surface area contributed by atoms with Crippen molar-refractivity contribution in [3.8, 4) is 0 Å². The predicted molar refractivity (Wildman–Crippen MR) is 93.3 cm³/mol. The van der Waals surface area contributed by atoms with Gasteiger partial charge in [-0.25, -0.2) is 0 Å². The van der Waals surface area contributed by atoms with E-state index in [4.69, 9.17) is 13.3 Å². The molecule has 1 unspecified atom stereocenters. The lowest BCUT2D eigenvalue weighted by Gasteiger charge is -2.43. The number of alkyl halides is 14. The van der Waals surface area contributed by atoms with Crippen molar-refractivity contribution in [1.29, 1.82) is 0 Å². The molecule has 33 heavy (non-hydrogen) atoms. The van der Waals surface area contributed by atoms with Crippen LogP contribution in [0, 0.1) is 0 Å². The van der Waals surface area contributed by atoms with Crippen molar-refractivity contribution in [2.45, 2.75) is 45.8 Å². The second kappa shape index (κ2) is 9.07. The Labute approximate surface area is 192 Å². The van der Waals surface area contributed by atoms with Gasteiger partial charge >= 0.3 is 44.6 Å². The Bertz CT molecular complexity index is 682. The summed E-state index contributed by atoms with van der Waals surface area (Å²) in [6.07, 6.45) is -9.84. The summed E-state index contributed by atoms with van der Waals surface area (Å²) in [5.74, 6) is -37.0. The minimum absolute atomic E-state index is 0.209. The van der Waals surface area contributed by atoms with Gasteiger partial charge in [-0.1, -0.05) is 22.6 Å². The van der Waals surface area contributed by atoms with Gasteiger partial charge in [0.05, 0.1) is 23.4 Å². The second-order valence-corrected chi connectivity index (χ2v) is 12.6. The quantitative estimate of drug-likeness (QED) is 0.173. The van der Waals surface area contributed by atoms with E-state index < -0.39 is 54.6 Å². The van der Waals surface area contributed by atoms with Crippen molar-refractivity contribution in [2.24, 2.45) is 0 Å². The molecule has 0 aromatic heterocycles. The zero-order valence-corrected chi connectivity index (χ0v) is 19.1. The first-order chi connectivity index (χ1) is 14.7. The van der Waals surface area contributed by atoms with Crippen molar-refractivity contribution in [1.82, 2.24) is 4.90 Å². The number of hydrogen-bond acceptors (Lipinski definition) is 4. The van der Waals surface area contributed by atoms with E-state index >= 15 is 0 Å². The molecule has 3 rings (SSSR count). The highest BCUT2D eigenvalue weighted by atomic mass is 127. The molecule has 0 aromatic rings. The first-order valence-corrected chi connectivity index (χ1v) is 12.0. The molecule has 0 radical (unpaired) electrons. The summed E-state index contributed by atoms with van der Waals surface area (Å²) in [4.78, 5) is 1.77. The van der Waals surface area contributed by atoms with Gasteiger partial charge in [0.2, 0.25) is 0 Å². The first kappa shape index (κ1) is 29.1. The molecular weight excluding hydrogens is 632 g/mol. The van der Waals surface area contributed by atoms with Gasteiger partial charge < -0.3 is 13.3 Å². The standard InChI is InChI=1S/C14H15F13INO3Si/c15-9(16,7-8(28)33-30-4-1-29(2-5-31-33)3-6-32-33)10(17,18)11(19,20)12(21,22)13(23,24)14(25,26)27/h8H,1-7H2. The minimum atomic E-state index is -7.92. The van der Waals surface area contributed by atoms with E-state index in [1.165, 1.54) is 0 Å². The maximum atomic E-state index is 14.3. The van der Waals surface area contributed by atoms with Crippen LogP contribution in [-0.2, 0) is 13.3 Å². The van der Waals surface area contributed by atoms with Crippen molar-refractivity contribution in [2.75, 3.05) is 39.5 Å². The van der Waals surface area contributed by atoms with Crippen molar-refractivity contribution in [3.63, 3.8) is 0 Å². The molecule has 3 saturated heterocycles. The van der Waals surface area contributed by atoms with Gasteiger partial charge in [-0.3, -0.25) is 4.90 Å². The van der Waals surface area contributed by atoms with E-state index in [1.807, 2.05) is 0 Å². The SMILES string of the molecule is FC(F)(F)C(F)(F)C(F)(F)C(F)(F)C(F)(F)C(F)(F)CC(I)[Si]12OCCN(CCO1)CCO2. The van der Waals surface area contributed by atoms with Crippen molar-refractivity contribution < 1.29 is 70.4 Å². The van der Waals surface area contributed by atoms with Gasteiger partial charge in [0.1, 0.15) is 0 Å². The third-order valence-corrected chi connectivity index (χ3v) is 10.5. The Hall–Kier alpha value is -0.123. The van der Waals surface area contributed by atoms with Crippen LogP contribution in [0.2, 0.25) is 0 Å². The van der Waals surface area contributed by atoms with Crippen LogP contribution >= 0.6 is 22.6 Å². The highest BCUT2D eigenvalue weighted by Gasteiger charge is 2.90. The first-order valence-electron chi connectivity index (χ1n) is 8.90. The number of fused-ring (bicyclic) bond motifs is 6. The van der Waals surface area contributed by atoms with Gasteiger partial charge in [-0.05, 0) is 0 Å². The summed E-state index contributed by atoms with van der Waals surface area (Å²) in [6, 6.07) is 0. The van der Waals surface area contributed by atoms with Crippen LogP contribution in [0.3, 0.4) is 0 Å². The lowest BCUT2D eigenvalue weighted by molar-refractivity contribution is -0.440. The van der Waals surface area contributed by atoms with Crippen molar-refractivity contribution in [3.05, 3.63) is 0 Å². The third-order valence-electron chi connectivity index (χ3n) is 4.95. The number of hydrogen-bond donors (Lipinski definition) is 0. The van der Waals surface area contributed by atoms with E-state index in [-0.39, 0.29) is 39.5 Å². The van der Waals surface area contributed by atoms with E-state index in [9.17, 15) is 57.1 Å². The molecule has 1 atom stereocenters. The predicted octanol–water partition coefficient (Wildman–Crippen LogP) is 4.78. The third kappa shape index (κ3) is 4.81. The molecule has 0 spiro atoms. The molecule has 19 heteroatoms. The average molecular weight is 647 g/mol. The summed E-state index contributed by atoms with van der Waals surface area (Å²) in [5, 5.41) is 0. The Kier molecular flexibility index (Phi) is 8.00. The Morgan fingerprint density at radius 3 is 1.36 bits per heavy atom. The van der Waals surface area contributed by atoms with E-state index in [2.05, 4.69) is 0 Å².